The van der Waals surface area contributed by atoms with Crippen molar-refractivity contribution >= 4 is 22.3 Å². The van der Waals surface area contributed by atoms with Crippen LogP contribution < -0.4 is 20.1 Å². The second kappa shape index (κ2) is 11.5. The van der Waals surface area contributed by atoms with Crippen LogP contribution in [0.1, 0.15) is 23.2 Å². The van der Waals surface area contributed by atoms with E-state index in [9.17, 15) is 4.39 Å². The molecule has 0 aliphatic rings. The fraction of sp³-hybridized carbons (Fsp3) is 0.250. The lowest BCUT2D eigenvalue weighted by atomic mass is 10.1. The van der Waals surface area contributed by atoms with Gasteiger partial charge < -0.3 is 20.1 Å². The molecule has 0 bridgehead atoms. The van der Waals surface area contributed by atoms with E-state index in [1.165, 1.54) is 5.56 Å². The molecule has 1 heterocycles. The molecule has 0 saturated carbocycles. The van der Waals surface area contributed by atoms with E-state index in [0.717, 1.165) is 53.2 Å². The molecular formula is C28H30FN3O2. The molecule has 0 radical (unpaired) electrons. The highest BCUT2D eigenvalue weighted by molar-refractivity contribution is 5.93. The molecule has 2 N–H and O–H groups in total. The Labute approximate surface area is 199 Å². The van der Waals surface area contributed by atoms with Gasteiger partial charge in [0.05, 0.1) is 19.2 Å². The van der Waals surface area contributed by atoms with Crippen molar-refractivity contribution in [1.82, 2.24) is 10.3 Å². The number of hydrogen-bond acceptors (Lipinski definition) is 5. The van der Waals surface area contributed by atoms with Crippen molar-refractivity contribution in [3.8, 4) is 11.5 Å². The maximum atomic E-state index is 13.5. The summed E-state index contributed by atoms with van der Waals surface area (Å²) in [6.07, 6.45) is 0.834. The third-order valence-electron chi connectivity index (χ3n) is 5.47. The summed E-state index contributed by atoms with van der Waals surface area (Å²) in [6, 6.07) is 23.5. The number of alkyl halides is 1. The summed E-state index contributed by atoms with van der Waals surface area (Å²) in [5, 5.41) is 7.86. The van der Waals surface area contributed by atoms with Crippen LogP contribution in [0.3, 0.4) is 0 Å². The molecule has 6 heteroatoms. The zero-order valence-electron chi connectivity index (χ0n) is 19.6. The number of fused-ring (bicyclic) bond motifs is 1. The molecule has 0 fully saturated rings. The van der Waals surface area contributed by atoms with E-state index in [0.29, 0.717) is 17.9 Å². The molecule has 34 heavy (non-hydrogen) atoms. The zero-order chi connectivity index (χ0) is 23.8. The Kier molecular flexibility index (Phi) is 7.94. The topological polar surface area (TPSA) is 55.4 Å². The Bertz CT molecular complexity index is 1250. The second-order valence-corrected chi connectivity index (χ2v) is 8.18. The third-order valence-corrected chi connectivity index (χ3v) is 5.47. The highest BCUT2D eigenvalue weighted by Gasteiger charge is 2.07. The first-order valence-corrected chi connectivity index (χ1v) is 11.4. The van der Waals surface area contributed by atoms with Gasteiger partial charge >= 0.3 is 0 Å². The van der Waals surface area contributed by atoms with Gasteiger partial charge in [0, 0.05) is 35.1 Å². The number of aromatic nitrogens is 1. The van der Waals surface area contributed by atoms with E-state index in [1.807, 2.05) is 67.6 Å². The predicted molar refractivity (Wildman–Crippen MR) is 136 cm³/mol. The van der Waals surface area contributed by atoms with Gasteiger partial charge in [0.2, 0.25) is 0 Å². The number of pyridine rings is 1. The minimum absolute atomic E-state index is 0.539. The van der Waals surface area contributed by atoms with Gasteiger partial charge in [-0.1, -0.05) is 30.3 Å². The van der Waals surface area contributed by atoms with Crippen LogP contribution in [0.5, 0.6) is 11.5 Å². The minimum atomic E-state index is -0.551. The van der Waals surface area contributed by atoms with Crippen LogP contribution in [-0.2, 0) is 13.2 Å². The largest absolute Gasteiger partial charge is 0.497 e. The van der Waals surface area contributed by atoms with Crippen LogP contribution in [0.2, 0.25) is 0 Å². The van der Waals surface area contributed by atoms with Gasteiger partial charge in [-0.25, -0.2) is 4.39 Å². The number of nitrogens with zero attached hydrogens (tertiary/aromatic N) is 1. The van der Waals surface area contributed by atoms with Crippen molar-refractivity contribution in [3.63, 3.8) is 0 Å². The maximum Gasteiger partial charge on any atom is 0.121 e. The number of para-hydroxylation sites is 1. The Morgan fingerprint density at radius 1 is 0.912 bits per heavy atom. The summed E-state index contributed by atoms with van der Waals surface area (Å²) < 4.78 is 24.7. The number of nitrogens with one attached hydrogen (secondary N) is 2. The van der Waals surface area contributed by atoms with Crippen LogP contribution >= 0.6 is 0 Å². The molecule has 0 aliphatic carbocycles. The molecule has 4 aromatic rings. The first-order chi connectivity index (χ1) is 16.6. The molecule has 5 nitrogen and oxygen atoms in total. The Morgan fingerprint density at radius 2 is 1.76 bits per heavy atom. The number of benzene rings is 3. The smallest absolute Gasteiger partial charge is 0.121 e. The van der Waals surface area contributed by atoms with Crippen molar-refractivity contribution in [2.45, 2.75) is 26.6 Å². The summed E-state index contributed by atoms with van der Waals surface area (Å²) in [4.78, 5) is 4.59. The van der Waals surface area contributed by atoms with Gasteiger partial charge in [0.1, 0.15) is 18.2 Å². The summed E-state index contributed by atoms with van der Waals surface area (Å²) in [5.41, 5.74) is 5.31. The average Bonchev–Trinajstić information content (AvgIpc) is 2.86. The van der Waals surface area contributed by atoms with E-state index in [4.69, 9.17) is 9.47 Å². The molecule has 1 aromatic heterocycles. The molecule has 0 aliphatic heterocycles. The summed E-state index contributed by atoms with van der Waals surface area (Å²) in [5.74, 6) is 1.51. The first kappa shape index (κ1) is 23.5. The van der Waals surface area contributed by atoms with E-state index in [2.05, 4.69) is 21.7 Å². The Morgan fingerprint density at radius 3 is 2.62 bits per heavy atom. The number of anilines is 2. The number of ether oxygens (including phenoxy) is 2. The molecular weight excluding hydrogens is 429 g/mol. The first-order valence-electron chi connectivity index (χ1n) is 11.4. The number of aryl methyl sites for hydroxylation is 1. The highest BCUT2D eigenvalue weighted by atomic mass is 19.1. The van der Waals surface area contributed by atoms with Crippen molar-refractivity contribution < 1.29 is 13.9 Å². The van der Waals surface area contributed by atoms with Gasteiger partial charge in [0.25, 0.3) is 0 Å². The SMILES string of the molecule is COc1cccc(CNCCCOc2cc(CF)cc(Nc3cc(C)nc4ccccc34)c2)c1. The quantitative estimate of drug-likeness (QED) is 0.257. The summed E-state index contributed by atoms with van der Waals surface area (Å²) >= 11 is 0. The molecule has 0 spiro atoms. The van der Waals surface area contributed by atoms with Gasteiger partial charge in [-0.15, -0.1) is 0 Å². The lowest BCUT2D eigenvalue weighted by Crippen LogP contribution is -2.17. The van der Waals surface area contributed by atoms with Gasteiger partial charge in [-0.3, -0.25) is 4.98 Å². The Hall–Kier alpha value is -3.64. The van der Waals surface area contributed by atoms with Crippen LogP contribution in [0.15, 0.2) is 72.8 Å². The summed E-state index contributed by atoms with van der Waals surface area (Å²) in [6.45, 7) is 3.53. The number of rotatable bonds is 11. The van der Waals surface area contributed by atoms with E-state index >= 15 is 0 Å². The zero-order valence-corrected chi connectivity index (χ0v) is 19.6. The third kappa shape index (κ3) is 6.23. The van der Waals surface area contributed by atoms with Crippen LogP contribution in [0.25, 0.3) is 10.9 Å². The highest BCUT2D eigenvalue weighted by Crippen LogP contribution is 2.29. The van der Waals surface area contributed by atoms with Gasteiger partial charge in [-0.05, 0) is 67.4 Å². The molecule has 0 atom stereocenters. The lowest BCUT2D eigenvalue weighted by Gasteiger charge is -2.14. The van der Waals surface area contributed by atoms with Crippen LogP contribution in [-0.4, -0.2) is 25.2 Å². The van der Waals surface area contributed by atoms with Crippen molar-refractivity contribution in [3.05, 3.63) is 89.6 Å². The molecule has 3 aromatic carbocycles. The van der Waals surface area contributed by atoms with Crippen LogP contribution in [0.4, 0.5) is 15.8 Å². The number of halogens is 1. The van der Waals surface area contributed by atoms with Gasteiger partial charge in [-0.2, -0.15) is 0 Å². The van der Waals surface area contributed by atoms with Crippen LogP contribution in [0, 0.1) is 6.92 Å². The maximum absolute atomic E-state index is 13.5. The predicted octanol–water partition coefficient (Wildman–Crippen LogP) is 6.32. The summed E-state index contributed by atoms with van der Waals surface area (Å²) in [7, 11) is 1.67. The van der Waals surface area contributed by atoms with Gasteiger partial charge in [0.15, 0.2) is 0 Å². The number of hydrogen-bond donors (Lipinski definition) is 2. The molecule has 176 valence electrons. The average molecular weight is 460 g/mol. The van der Waals surface area contributed by atoms with E-state index < -0.39 is 6.67 Å². The van der Waals surface area contributed by atoms with Crippen molar-refractivity contribution in [2.75, 3.05) is 25.6 Å². The molecule has 0 unspecified atom stereocenters. The lowest BCUT2D eigenvalue weighted by molar-refractivity contribution is 0.307. The Balaban J connectivity index is 1.34. The van der Waals surface area contributed by atoms with E-state index in [1.54, 1.807) is 13.2 Å². The fourth-order valence-corrected chi connectivity index (χ4v) is 3.86. The minimum Gasteiger partial charge on any atom is -0.497 e. The number of methoxy groups -OCH3 is 1. The standard InChI is InChI=1S/C28H30FN3O2/c1-20-13-28(26-9-3-4-10-27(26)31-20)32-23-14-22(18-29)16-25(17-23)34-12-6-11-30-19-21-7-5-8-24(15-21)33-2/h3-5,7-10,13-17,30H,6,11-12,18-19H2,1-2H3,(H,31,32). The molecule has 0 saturated heterocycles. The van der Waals surface area contributed by atoms with Crippen molar-refractivity contribution in [1.29, 1.82) is 0 Å². The molecule has 0 amide bonds. The fourth-order valence-electron chi connectivity index (χ4n) is 3.86. The van der Waals surface area contributed by atoms with Crippen molar-refractivity contribution in [2.24, 2.45) is 0 Å². The molecule has 4 rings (SSSR count). The second-order valence-electron chi connectivity index (χ2n) is 8.18. The monoisotopic (exact) mass is 459 g/mol. The normalized spacial score (nSPS) is 10.9. The van der Waals surface area contributed by atoms with E-state index in [-0.39, 0.29) is 0 Å².